The van der Waals surface area contributed by atoms with Gasteiger partial charge in [-0.25, -0.2) is 0 Å². The lowest BCUT2D eigenvalue weighted by molar-refractivity contribution is -0.149. The molecule has 0 bridgehead atoms. The van der Waals surface area contributed by atoms with Gasteiger partial charge in [-0.15, -0.1) is 0 Å². The minimum absolute atomic E-state index is 0.0969. The lowest BCUT2D eigenvalue weighted by Crippen LogP contribution is -2.15. The van der Waals surface area contributed by atoms with Crippen LogP contribution in [0.5, 0.6) is 0 Å². The number of rotatable bonds is 6. The summed E-state index contributed by atoms with van der Waals surface area (Å²) in [6.45, 7) is 1.70. The van der Waals surface area contributed by atoms with Crippen LogP contribution in [0.25, 0.3) is 0 Å². The Morgan fingerprint density at radius 1 is 1.00 bits per heavy atom. The monoisotopic (exact) mass is 282 g/mol. The van der Waals surface area contributed by atoms with Gasteiger partial charge >= 0.3 is 5.97 Å². The topological polar surface area (TPSA) is 43.4 Å². The fourth-order valence-corrected chi connectivity index (χ4v) is 2.07. The summed E-state index contributed by atoms with van der Waals surface area (Å²) in [6.07, 6.45) is 0.416. The Bertz CT molecular complexity index is 538. The van der Waals surface area contributed by atoms with Crippen LogP contribution in [-0.2, 0) is 14.3 Å². The van der Waals surface area contributed by atoms with Crippen LogP contribution < -0.4 is 0 Å². The number of hydrogen-bond acceptors (Lipinski definition) is 3. The zero-order valence-electron chi connectivity index (χ0n) is 11.9. The van der Waals surface area contributed by atoms with Gasteiger partial charge in [0.1, 0.15) is 6.29 Å². The maximum absolute atomic E-state index is 12.0. The van der Waals surface area contributed by atoms with E-state index in [0.29, 0.717) is 0 Å². The number of carbonyl (C=O) groups excluding carboxylic acids is 2. The van der Waals surface area contributed by atoms with Crippen molar-refractivity contribution in [1.82, 2.24) is 0 Å². The smallest absolute Gasteiger partial charge is 0.307 e. The highest BCUT2D eigenvalue weighted by atomic mass is 16.5. The van der Waals surface area contributed by atoms with Crippen LogP contribution in [0.15, 0.2) is 60.7 Å². The zero-order valence-corrected chi connectivity index (χ0v) is 11.9. The molecule has 0 unspecified atom stereocenters. The second-order valence-corrected chi connectivity index (χ2v) is 5.01. The second kappa shape index (κ2) is 7.39. The van der Waals surface area contributed by atoms with E-state index in [1.54, 1.807) is 6.92 Å². The summed E-state index contributed by atoms with van der Waals surface area (Å²) < 4.78 is 5.60. The fraction of sp³-hybridized carbons (Fsp3) is 0.222. The molecule has 21 heavy (non-hydrogen) atoms. The number of carbonyl (C=O) groups is 2. The Labute approximate surface area is 124 Å². The van der Waals surface area contributed by atoms with Gasteiger partial charge in [-0.1, -0.05) is 67.6 Å². The number of esters is 1. The molecule has 2 rings (SSSR count). The molecule has 0 radical (unpaired) electrons. The van der Waals surface area contributed by atoms with Crippen LogP contribution in [-0.4, -0.2) is 12.3 Å². The van der Waals surface area contributed by atoms with Gasteiger partial charge < -0.3 is 9.53 Å². The number of hydrogen-bond donors (Lipinski definition) is 0. The van der Waals surface area contributed by atoms with Gasteiger partial charge in [-0.2, -0.15) is 0 Å². The van der Waals surface area contributed by atoms with Crippen LogP contribution >= 0.6 is 0 Å². The molecule has 0 heterocycles. The quantitative estimate of drug-likeness (QED) is 0.601. The zero-order chi connectivity index (χ0) is 15.1. The van der Waals surface area contributed by atoms with Crippen molar-refractivity contribution in [3.63, 3.8) is 0 Å². The molecule has 0 aliphatic carbocycles. The summed E-state index contributed by atoms with van der Waals surface area (Å²) in [5, 5.41) is 0. The van der Waals surface area contributed by atoms with Crippen LogP contribution in [0.2, 0.25) is 0 Å². The molecule has 2 aromatic rings. The Morgan fingerprint density at radius 3 is 1.90 bits per heavy atom. The molecule has 0 spiro atoms. The molecule has 0 saturated heterocycles. The Kier molecular flexibility index (Phi) is 5.27. The molecular weight excluding hydrogens is 264 g/mol. The minimum atomic E-state index is -0.446. The lowest BCUT2D eigenvalue weighted by Gasteiger charge is -2.19. The fourth-order valence-electron chi connectivity index (χ4n) is 2.07. The molecule has 0 aromatic heterocycles. The van der Waals surface area contributed by atoms with Crippen LogP contribution in [0.4, 0.5) is 0 Å². The van der Waals surface area contributed by atoms with Gasteiger partial charge in [-0.3, -0.25) is 4.79 Å². The highest BCUT2D eigenvalue weighted by Crippen LogP contribution is 2.26. The molecule has 108 valence electrons. The van der Waals surface area contributed by atoms with Crippen molar-refractivity contribution in [1.29, 1.82) is 0 Å². The average Bonchev–Trinajstić information content (AvgIpc) is 2.54. The lowest BCUT2D eigenvalue weighted by atomic mass is 10.0. The molecule has 3 heteroatoms. The van der Waals surface area contributed by atoms with Crippen molar-refractivity contribution in [3.05, 3.63) is 71.8 Å². The molecule has 0 saturated carbocycles. The van der Waals surface area contributed by atoms with Gasteiger partial charge in [0.15, 0.2) is 6.10 Å². The summed E-state index contributed by atoms with van der Waals surface area (Å²) in [5.41, 5.74) is 1.83. The molecule has 0 fully saturated rings. The molecule has 0 aliphatic heterocycles. The minimum Gasteiger partial charge on any atom is -0.453 e. The number of benzene rings is 2. The van der Waals surface area contributed by atoms with Gasteiger partial charge in [0.05, 0.1) is 6.42 Å². The number of aldehydes is 1. The first-order valence-electron chi connectivity index (χ1n) is 6.95. The van der Waals surface area contributed by atoms with E-state index in [1.165, 1.54) is 0 Å². The van der Waals surface area contributed by atoms with Crippen LogP contribution in [0, 0.1) is 5.92 Å². The second-order valence-electron chi connectivity index (χ2n) is 5.01. The van der Waals surface area contributed by atoms with E-state index in [4.69, 9.17) is 4.74 Å². The molecule has 3 nitrogen and oxygen atoms in total. The van der Waals surface area contributed by atoms with Crippen molar-refractivity contribution in [3.8, 4) is 0 Å². The molecule has 0 amide bonds. The number of ether oxygens (including phenoxy) is 1. The normalized spacial score (nSPS) is 11.9. The standard InChI is InChI=1S/C18H18O3/c1-14(13-19)12-17(20)21-18(15-8-4-2-5-9-15)16-10-6-3-7-11-16/h2-11,13-14,18H,12H2,1H3/t14-/m0/s1. The third kappa shape index (κ3) is 4.28. The molecule has 1 atom stereocenters. The maximum atomic E-state index is 12.0. The Hall–Kier alpha value is -2.42. The van der Waals surface area contributed by atoms with Gasteiger partial charge in [0.2, 0.25) is 0 Å². The average molecular weight is 282 g/mol. The first-order chi connectivity index (χ1) is 10.2. The summed E-state index contributed by atoms with van der Waals surface area (Å²) in [4.78, 5) is 22.6. The van der Waals surface area contributed by atoms with E-state index in [0.717, 1.165) is 17.4 Å². The van der Waals surface area contributed by atoms with Crippen molar-refractivity contribution in [2.75, 3.05) is 0 Å². The maximum Gasteiger partial charge on any atom is 0.307 e. The van der Waals surface area contributed by atoms with Crippen molar-refractivity contribution in [2.45, 2.75) is 19.4 Å². The van der Waals surface area contributed by atoms with E-state index in [1.807, 2.05) is 60.7 Å². The Morgan fingerprint density at radius 2 is 1.48 bits per heavy atom. The third-order valence-electron chi connectivity index (χ3n) is 3.17. The largest absolute Gasteiger partial charge is 0.453 e. The third-order valence-corrected chi connectivity index (χ3v) is 3.17. The van der Waals surface area contributed by atoms with Crippen molar-refractivity contribution < 1.29 is 14.3 Å². The van der Waals surface area contributed by atoms with Gasteiger partial charge in [0.25, 0.3) is 0 Å². The highest BCUT2D eigenvalue weighted by Gasteiger charge is 2.19. The summed E-state index contributed by atoms with van der Waals surface area (Å²) in [6, 6.07) is 19.2. The van der Waals surface area contributed by atoms with E-state index in [9.17, 15) is 9.59 Å². The van der Waals surface area contributed by atoms with E-state index in [-0.39, 0.29) is 18.3 Å². The molecule has 0 N–H and O–H groups in total. The van der Waals surface area contributed by atoms with E-state index in [2.05, 4.69) is 0 Å². The van der Waals surface area contributed by atoms with Crippen LogP contribution in [0.1, 0.15) is 30.6 Å². The SMILES string of the molecule is C[C@H](C=O)CC(=O)OC(c1ccccc1)c1ccccc1. The molecule has 2 aromatic carbocycles. The van der Waals surface area contributed by atoms with Crippen LogP contribution in [0.3, 0.4) is 0 Å². The first-order valence-corrected chi connectivity index (χ1v) is 6.95. The van der Waals surface area contributed by atoms with E-state index < -0.39 is 6.10 Å². The van der Waals surface area contributed by atoms with Crippen molar-refractivity contribution in [2.24, 2.45) is 5.92 Å². The Balaban J connectivity index is 2.21. The summed E-state index contributed by atoms with van der Waals surface area (Å²) in [7, 11) is 0. The predicted octanol–water partition coefficient (Wildman–Crippen LogP) is 3.54. The van der Waals surface area contributed by atoms with E-state index >= 15 is 0 Å². The predicted molar refractivity (Wildman–Crippen MR) is 80.7 cm³/mol. The molecule has 0 aliphatic rings. The summed E-state index contributed by atoms with van der Waals surface area (Å²) >= 11 is 0. The van der Waals surface area contributed by atoms with Crippen molar-refractivity contribution >= 4 is 12.3 Å². The highest BCUT2D eigenvalue weighted by molar-refractivity contribution is 5.74. The first kappa shape index (κ1) is 15.0. The summed E-state index contributed by atoms with van der Waals surface area (Å²) in [5.74, 6) is -0.697. The van der Waals surface area contributed by atoms with Gasteiger partial charge in [0, 0.05) is 5.92 Å². The molecular formula is C18H18O3. The van der Waals surface area contributed by atoms with Gasteiger partial charge in [-0.05, 0) is 11.1 Å².